The molecule has 2 N–H and O–H groups in total. The summed E-state index contributed by atoms with van der Waals surface area (Å²) in [5, 5.41) is 8.50. The smallest absolute Gasteiger partial charge is 0.0458 e. The summed E-state index contributed by atoms with van der Waals surface area (Å²) in [6.07, 6.45) is 0. The molecule has 3 heteroatoms. The van der Waals surface area contributed by atoms with Gasteiger partial charge in [0, 0.05) is 24.0 Å². The van der Waals surface area contributed by atoms with Crippen LogP contribution in [0.2, 0.25) is 0 Å². The Kier molecular flexibility index (Phi) is 2.88. The van der Waals surface area contributed by atoms with Gasteiger partial charge in [-0.1, -0.05) is 24.3 Å². The second-order valence-corrected chi connectivity index (χ2v) is 4.39. The molecule has 2 rings (SSSR count). The number of hydrogen-bond acceptors (Lipinski definition) is 3. The van der Waals surface area contributed by atoms with Gasteiger partial charge in [-0.25, -0.2) is 5.48 Å². The van der Waals surface area contributed by atoms with Gasteiger partial charge in [-0.05, 0) is 11.1 Å². The van der Waals surface area contributed by atoms with Crippen molar-refractivity contribution in [3.05, 3.63) is 35.4 Å². The number of benzene rings is 1. The molecule has 0 bridgehead atoms. The number of nitrogens with one attached hydrogen (secondary N) is 1. The quantitative estimate of drug-likeness (QED) is 0.723. The first kappa shape index (κ1) is 9.06. The summed E-state index contributed by atoms with van der Waals surface area (Å²) in [4.78, 5) is 0. The third kappa shape index (κ3) is 2.05. The summed E-state index contributed by atoms with van der Waals surface area (Å²) in [5.74, 6) is 3.29. The van der Waals surface area contributed by atoms with Crippen LogP contribution in [0.15, 0.2) is 24.3 Å². The van der Waals surface area contributed by atoms with Crippen LogP contribution in [0.3, 0.4) is 0 Å². The predicted octanol–water partition coefficient (Wildman–Crippen LogP) is 2.00. The minimum atomic E-state index is 0.527. The topological polar surface area (TPSA) is 32.3 Å². The Morgan fingerprint density at radius 1 is 1.31 bits per heavy atom. The fourth-order valence-corrected chi connectivity index (χ4v) is 2.28. The summed E-state index contributed by atoms with van der Waals surface area (Å²) >= 11 is 2.00. The molecule has 0 unspecified atom stereocenters. The summed E-state index contributed by atoms with van der Waals surface area (Å²) in [5.41, 5.74) is 4.71. The van der Waals surface area contributed by atoms with Crippen LogP contribution in [0.4, 0.5) is 0 Å². The molecule has 13 heavy (non-hydrogen) atoms. The zero-order valence-corrected chi connectivity index (χ0v) is 8.18. The lowest BCUT2D eigenvalue weighted by atomic mass is 10.0. The molecule has 70 valence electrons. The van der Waals surface area contributed by atoms with Crippen LogP contribution in [0, 0.1) is 0 Å². The summed E-state index contributed by atoms with van der Waals surface area (Å²) in [7, 11) is 0. The zero-order valence-electron chi connectivity index (χ0n) is 7.36. The lowest BCUT2D eigenvalue weighted by Gasteiger charge is -2.25. The molecule has 0 amide bonds. The van der Waals surface area contributed by atoms with Gasteiger partial charge in [0.1, 0.15) is 0 Å². The Bertz CT molecular complexity index is 269. The molecule has 0 radical (unpaired) electrons. The number of hydroxylamine groups is 1. The van der Waals surface area contributed by atoms with Gasteiger partial charge >= 0.3 is 0 Å². The first-order chi connectivity index (χ1) is 6.40. The van der Waals surface area contributed by atoms with Gasteiger partial charge in [-0.15, -0.1) is 0 Å². The van der Waals surface area contributed by atoms with E-state index in [4.69, 9.17) is 5.21 Å². The van der Waals surface area contributed by atoms with E-state index in [0.717, 1.165) is 11.5 Å². The average Bonchev–Trinajstić information content (AvgIpc) is 2.06. The Balaban J connectivity index is 2.04. The molecule has 0 saturated carbocycles. The van der Waals surface area contributed by atoms with Crippen LogP contribution in [0.25, 0.3) is 0 Å². The van der Waals surface area contributed by atoms with Crippen molar-refractivity contribution in [1.82, 2.24) is 5.48 Å². The van der Waals surface area contributed by atoms with Gasteiger partial charge in [-0.3, -0.25) is 0 Å². The van der Waals surface area contributed by atoms with Crippen LogP contribution >= 0.6 is 11.8 Å². The van der Waals surface area contributed by atoms with E-state index in [1.165, 1.54) is 17.1 Å². The second kappa shape index (κ2) is 4.13. The maximum Gasteiger partial charge on any atom is 0.0458 e. The van der Waals surface area contributed by atoms with Crippen molar-refractivity contribution < 1.29 is 5.21 Å². The van der Waals surface area contributed by atoms with Crippen LogP contribution in [-0.2, 0) is 6.54 Å². The van der Waals surface area contributed by atoms with Crippen LogP contribution < -0.4 is 5.48 Å². The van der Waals surface area contributed by atoms with E-state index in [1.54, 1.807) is 0 Å². The second-order valence-electron chi connectivity index (χ2n) is 3.31. The lowest BCUT2D eigenvalue weighted by molar-refractivity contribution is 0.161. The van der Waals surface area contributed by atoms with Gasteiger partial charge in [-0.2, -0.15) is 11.8 Å². The lowest BCUT2D eigenvalue weighted by Crippen LogP contribution is -2.15. The zero-order chi connectivity index (χ0) is 9.10. The standard InChI is InChI=1S/C10H13NOS/c12-11-5-8-1-3-9(4-2-8)10-6-13-7-10/h1-4,10-12H,5-7H2. The molecular formula is C10H13NOS. The molecule has 1 heterocycles. The molecular weight excluding hydrogens is 182 g/mol. The molecule has 0 atom stereocenters. The van der Waals surface area contributed by atoms with E-state index < -0.39 is 0 Å². The van der Waals surface area contributed by atoms with Gasteiger partial charge in [0.15, 0.2) is 0 Å². The van der Waals surface area contributed by atoms with Crippen LogP contribution in [0.1, 0.15) is 17.0 Å². The molecule has 1 saturated heterocycles. The molecule has 2 nitrogen and oxygen atoms in total. The van der Waals surface area contributed by atoms with E-state index in [-0.39, 0.29) is 0 Å². The summed E-state index contributed by atoms with van der Waals surface area (Å²) in [6.45, 7) is 0.527. The average molecular weight is 195 g/mol. The third-order valence-corrected chi connectivity index (χ3v) is 3.65. The van der Waals surface area contributed by atoms with Crippen molar-refractivity contribution in [2.24, 2.45) is 0 Å². The highest BCUT2D eigenvalue weighted by molar-refractivity contribution is 8.00. The van der Waals surface area contributed by atoms with E-state index in [0.29, 0.717) is 6.54 Å². The largest absolute Gasteiger partial charge is 0.316 e. The van der Waals surface area contributed by atoms with E-state index in [9.17, 15) is 0 Å². The first-order valence-electron chi connectivity index (χ1n) is 4.43. The fraction of sp³-hybridized carbons (Fsp3) is 0.400. The number of thioether (sulfide) groups is 1. The maximum atomic E-state index is 8.50. The highest BCUT2D eigenvalue weighted by Gasteiger charge is 2.19. The fourth-order valence-electron chi connectivity index (χ4n) is 1.43. The van der Waals surface area contributed by atoms with Crippen molar-refractivity contribution >= 4 is 11.8 Å². The molecule has 0 spiro atoms. The highest BCUT2D eigenvalue weighted by Crippen LogP contribution is 2.33. The molecule has 1 aliphatic heterocycles. The SMILES string of the molecule is ONCc1ccc(C2CSC2)cc1. The van der Waals surface area contributed by atoms with Crippen molar-refractivity contribution in [3.8, 4) is 0 Å². The molecule has 0 aromatic heterocycles. The molecule has 1 aromatic carbocycles. The minimum absolute atomic E-state index is 0.527. The molecule has 1 fully saturated rings. The Morgan fingerprint density at radius 3 is 2.46 bits per heavy atom. The number of rotatable bonds is 3. The van der Waals surface area contributed by atoms with Gasteiger partial charge in [0.05, 0.1) is 0 Å². The van der Waals surface area contributed by atoms with E-state index >= 15 is 0 Å². The van der Waals surface area contributed by atoms with E-state index in [2.05, 4.69) is 29.7 Å². The highest BCUT2D eigenvalue weighted by atomic mass is 32.2. The van der Waals surface area contributed by atoms with Crippen LogP contribution in [0.5, 0.6) is 0 Å². The first-order valence-corrected chi connectivity index (χ1v) is 5.59. The summed E-state index contributed by atoms with van der Waals surface area (Å²) in [6, 6.07) is 8.47. The Labute approximate surface area is 82.3 Å². The van der Waals surface area contributed by atoms with Gasteiger partial charge in [0.2, 0.25) is 0 Å². The van der Waals surface area contributed by atoms with Gasteiger partial charge < -0.3 is 5.21 Å². The monoisotopic (exact) mass is 195 g/mol. The summed E-state index contributed by atoms with van der Waals surface area (Å²) < 4.78 is 0. The molecule has 0 aliphatic carbocycles. The molecule has 1 aromatic rings. The van der Waals surface area contributed by atoms with Crippen molar-refractivity contribution in [2.75, 3.05) is 11.5 Å². The van der Waals surface area contributed by atoms with Crippen LogP contribution in [-0.4, -0.2) is 16.7 Å². The van der Waals surface area contributed by atoms with Crippen molar-refractivity contribution in [3.63, 3.8) is 0 Å². The van der Waals surface area contributed by atoms with Crippen molar-refractivity contribution in [1.29, 1.82) is 0 Å². The predicted molar refractivity (Wildman–Crippen MR) is 55.1 cm³/mol. The maximum absolute atomic E-state index is 8.50. The van der Waals surface area contributed by atoms with Gasteiger partial charge in [0.25, 0.3) is 0 Å². The van der Waals surface area contributed by atoms with E-state index in [1.807, 2.05) is 11.8 Å². The normalized spacial score (nSPS) is 17.0. The third-order valence-electron chi connectivity index (χ3n) is 2.37. The number of hydrogen-bond donors (Lipinski definition) is 2. The Hall–Kier alpha value is -0.510. The Morgan fingerprint density at radius 2 is 2.00 bits per heavy atom. The minimum Gasteiger partial charge on any atom is -0.316 e. The molecule has 1 aliphatic rings. The van der Waals surface area contributed by atoms with Crippen molar-refractivity contribution in [2.45, 2.75) is 12.5 Å².